The molecule has 1 amide bonds. The Balaban J connectivity index is 2.66. The minimum atomic E-state index is -0.320. The van der Waals surface area contributed by atoms with Crippen LogP contribution in [0.25, 0.3) is 0 Å². The Labute approximate surface area is 109 Å². The van der Waals surface area contributed by atoms with E-state index in [0.717, 1.165) is 12.1 Å². The van der Waals surface area contributed by atoms with Gasteiger partial charge in [0, 0.05) is 5.69 Å². The van der Waals surface area contributed by atoms with E-state index in [1.165, 1.54) is 5.56 Å². The summed E-state index contributed by atoms with van der Waals surface area (Å²) >= 11 is 0. The van der Waals surface area contributed by atoms with Crippen LogP contribution >= 0.6 is 0 Å². The highest BCUT2D eigenvalue weighted by Crippen LogP contribution is 2.20. The van der Waals surface area contributed by atoms with Crippen LogP contribution in [0.4, 0.5) is 5.69 Å². The van der Waals surface area contributed by atoms with Gasteiger partial charge in [-0.1, -0.05) is 32.9 Å². The van der Waals surface area contributed by atoms with Crippen molar-refractivity contribution in [3.63, 3.8) is 0 Å². The fraction of sp³-hybridized carbons (Fsp3) is 0.533. The van der Waals surface area contributed by atoms with Crippen molar-refractivity contribution in [3.05, 3.63) is 29.8 Å². The van der Waals surface area contributed by atoms with E-state index in [1.54, 1.807) is 0 Å². The lowest BCUT2D eigenvalue weighted by atomic mass is 9.98. The van der Waals surface area contributed by atoms with E-state index in [0.29, 0.717) is 12.3 Å². The smallest absolute Gasteiger partial charge is 0.229 e. The van der Waals surface area contributed by atoms with E-state index in [9.17, 15) is 4.79 Å². The summed E-state index contributed by atoms with van der Waals surface area (Å²) in [6.45, 7) is 6.14. The third-order valence-electron chi connectivity index (χ3n) is 3.44. The molecule has 3 heteroatoms. The number of benzene rings is 1. The van der Waals surface area contributed by atoms with Gasteiger partial charge in [0.05, 0.1) is 12.5 Å². The third-order valence-corrected chi connectivity index (χ3v) is 3.44. The van der Waals surface area contributed by atoms with E-state index in [1.807, 2.05) is 31.2 Å². The summed E-state index contributed by atoms with van der Waals surface area (Å²) in [6.07, 6.45) is 1.75. The summed E-state index contributed by atoms with van der Waals surface area (Å²) < 4.78 is 0. The number of nitrogens with one attached hydrogen (secondary N) is 1. The number of rotatable bonds is 6. The number of carbonyl (C=O) groups is 1. The van der Waals surface area contributed by atoms with Crippen molar-refractivity contribution in [1.29, 1.82) is 0 Å². The fourth-order valence-corrected chi connectivity index (χ4v) is 1.77. The van der Waals surface area contributed by atoms with Gasteiger partial charge in [-0.25, -0.2) is 0 Å². The summed E-state index contributed by atoms with van der Waals surface area (Å²) in [7, 11) is 0. The molecule has 0 aliphatic rings. The molecule has 2 N–H and O–H groups in total. The molecule has 0 spiro atoms. The molecule has 0 radical (unpaired) electrons. The lowest BCUT2D eigenvalue weighted by Crippen LogP contribution is -2.25. The number of hydrogen-bond acceptors (Lipinski definition) is 2. The van der Waals surface area contributed by atoms with Crippen molar-refractivity contribution in [1.82, 2.24) is 0 Å². The van der Waals surface area contributed by atoms with Crippen LogP contribution in [0, 0.1) is 5.92 Å². The maximum atomic E-state index is 11.8. The topological polar surface area (TPSA) is 49.3 Å². The lowest BCUT2D eigenvalue weighted by Gasteiger charge is -2.13. The average Bonchev–Trinajstić information content (AvgIpc) is 2.40. The van der Waals surface area contributed by atoms with Gasteiger partial charge in [0.2, 0.25) is 5.91 Å². The molecule has 0 aliphatic carbocycles. The van der Waals surface area contributed by atoms with Crippen molar-refractivity contribution < 1.29 is 9.90 Å². The molecule has 18 heavy (non-hydrogen) atoms. The Morgan fingerprint density at radius 2 is 1.83 bits per heavy atom. The first-order valence-corrected chi connectivity index (χ1v) is 6.64. The quantitative estimate of drug-likeness (QED) is 0.813. The Hall–Kier alpha value is -1.35. The number of carbonyl (C=O) groups excluding carboxylic acids is 1. The molecule has 0 fully saturated rings. The highest BCUT2D eigenvalue weighted by atomic mass is 16.3. The second-order valence-electron chi connectivity index (χ2n) is 4.71. The first-order chi connectivity index (χ1) is 8.62. The van der Waals surface area contributed by atoms with Gasteiger partial charge in [0.25, 0.3) is 0 Å². The molecular formula is C15H23NO2. The molecule has 0 heterocycles. The molecule has 0 aliphatic heterocycles. The number of aliphatic hydroxyl groups is 1. The van der Waals surface area contributed by atoms with E-state index in [-0.39, 0.29) is 18.4 Å². The van der Waals surface area contributed by atoms with Crippen molar-refractivity contribution in [3.8, 4) is 0 Å². The van der Waals surface area contributed by atoms with Gasteiger partial charge >= 0.3 is 0 Å². The Kier molecular flexibility index (Phi) is 5.86. The fourth-order valence-electron chi connectivity index (χ4n) is 1.77. The number of hydrogen-bond donors (Lipinski definition) is 2. The highest BCUT2D eigenvalue weighted by Gasteiger charge is 2.15. The minimum absolute atomic E-state index is 0.104. The first-order valence-electron chi connectivity index (χ1n) is 6.64. The molecule has 0 saturated heterocycles. The molecule has 0 bridgehead atoms. The van der Waals surface area contributed by atoms with Crippen molar-refractivity contribution in [2.75, 3.05) is 11.9 Å². The maximum absolute atomic E-state index is 11.8. The zero-order valence-electron chi connectivity index (χ0n) is 11.4. The van der Waals surface area contributed by atoms with Crippen LogP contribution in [0.1, 0.15) is 45.1 Å². The van der Waals surface area contributed by atoms with E-state index in [2.05, 4.69) is 19.2 Å². The monoisotopic (exact) mass is 249 g/mol. The number of anilines is 1. The maximum Gasteiger partial charge on any atom is 0.229 e. The van der Waals surface area contributed by atoms with Crippen LogP contribution in [0.15, 0.2) is 24.3 Å². The minimum Gasteiger partial charge on any atom is -0.396 e. The highest BCUT2D eigenvalue weighted by molar-refractivity contribution is 5.92. The molecule has 1 aromatic carbocycles. The number of aliphatic hydroxyl groups excluding tert-OH is 1. The van der Waals surface area contributed by atoms with E-state index in [4.69, 9.17) is 5.11 Å². The zero-order chi connectivity index (χ0) is 13.5. The van der Waals surface area contributed by atoms with Gasteiger partial charge in [-0.05, 0) is 36.5 Å². The largest absolute Gasteiger partial charge is 0.396 e. The number of amides is 1. The summed E-state index contributed by atoms with van der Waals surface area (Å²) in [5, 5.41) is 11.9. The van der Waals surface area contributed by atoms with Gasteiger partial charge in [-0.2, -0.15) is 0 Å². The predicted octanol–water partition coefficient (Wildman–Crippen LogP) is 3.16. The summed E-state index contributed by atoms with van der Waals surface area (Å²) in [4.78, 5) is 11.8. The average molecular weight is 249 g/mol. The normalized spacial score (nSPS) is 14.0. The van der Waals surface area contributed by atoms with Gasteiger partial charge < -0.3 is 10.4 Å². The molecule has 3 nitrogen and oxygen atoms in total. The van der Waals surface area contributed by atoms with Gasteiger partial charge in [-0.15, -0.1) is 0 Å². The summed E-state index contributed by atoms with van der Waals surface area (Å²) in [5.41, 5.74) is 2.07. The van der Waals surface area contributed by atoms with E-state index < -0.39 is 0 Å². The molecule has 2 atom stereocenters. The Bertz CT molecular complexity index is 369. The van der Waals surface area contributed by atoms with Crippen molar-refractivity contribution >= 4 is 11.6 Å². The zero-order valence-corrected chi connectivity index (χ0v) is 11.4. The van der Waals surface area contributed by atoms with E-state index >= 15 is 0 Å². The molecule has 0 aromatic heterocycles. The summed E-state index contributed by atoms with van der Waals surface area (Å²) in [5.74, 6) is 0.103. The van der Waals surface area contributed by atoms with Crippen LogP contribution in [0.3, 0.4) is 0 Å². The third kappa shape index (κ3) is 3.84. The predicted molar refractivity (Wildman–Crippen MR) is 74.6 cm³/mol. The van der Waals surface area contributed by atoms with Crippen LogP contribution in [0.2, 0.25) is 0 Å². The van der Waals surface area contributed by atoms with Crippen LogP contribution in [-0.2, 0) is 4.79 Å². The standard InChI is InChI=1S/C15H23NO2/c1-4-11(3)13-6-8-14(9-7-13)16-15(18)12(5-2)10-17/h6-9,11-12,17H,4-5,10H2,1-3H3,(H,16,18). The van der Waals surface area contributed by atoms with Gasteiger partial charge in [0.1, 0.15) is 0 Å². The molecule has 0 saturated carbocycles. The second-order valence-corrected chi connectivity index (χ2v) is 4.71. The molecule has 1 rings (SSSR count). The molecule has 100 valence electrons. The Morgan fingerprint density at radius 3 is 2.28 bits per heavy atom. The molecule has 1 aromatic rings. The molecule has 2 unspecified atom stereocenters. The lowest BCUT2D eigenvalue weighted by molar-refractivity contribution is -0.121. The second kappa shape index (κ2) is 7.17. The Morgan fingerprint density at radius 1 is 1.22 bits per heavy atom. The van der Waals surface area contributed by atoms with Crippen molar-refractivity contribution in [2.24, 2.45) is 5.92 Å². The van der Waals surface area contributed by atoms with Crippen LogP contribution in [0.5, 0.6) is 0 Å². The van der Waals surface area contributed by atoms with Crippen LogP contribution < -0.4 is 5.32 Å². The van der Waals surface area contributed by atoms with Crippen LogP contribution in [-0.4, -0.2) is 17.6 Å². The van der Waals surface area contributed by atoms with Gasteiger partial charge in [-0.3, -0.25) is 4.79 Å². The first kappa shape index (κ1) is 14.7. The summed E-state index contributed by atoms with van der Waals surface area (Å²) in [6, 6.07) is 7.93. The van der Waals surface area contributed by atoms with Crippen molar-refractivity contribution in [2.45, 2.75) is 39.5 Å². The van der Waals surface area contributed by atoms with Gasteiger partial charge in [0.15, 0.2) is 0 Å². The molecular weight excluding hydrogens is 226 g/mol. The SMILES string of the molecule is CCC(CO)C(=O)Nc1ccc(C(C)CC)cc1.